The van der Waals surface area contributed by atoms with E-state index in [0.717, 1.165) is 12.0 Å². The van der Waals surface area contributed by atoms with Crippen molar-refractivity contribution in [2.75, 3.05) is 52.5 Å². The summed E-state index contributed by atoms with van der Waals surface area (Å²) in [5.74, 6) is -1.95. The first-order valence-corrected chi connectivity index (χ1v) is 15.7. The van der Waals surface area contributed by atoms with Gasteiger partial charge in [-0.1, -0.05) is 12.1 Å². The van der Waals surface area contributed by atoms with E-state index in [1.807, 2.05) is 12.1 Å². The number of fused-ring (bicyclic) bond motifs is 1. The summed E-state index contributed by atoms with van der Waals surface area (Å²) in [6.45, 7) is 3.78. The summed E-state index contributed by atoms with van der Waals surface area (Å²) >= 11 is 0. The monoisotopic (exact) mass is 646 g/mol. The number of hydrogen-bond acceptors (Lipinski definition) is 9. The van der Waals surface area contributed by atoms with Gasteiger partial charge in [0.1, 0.15) is 17.5 Å². The summed E-state index contributed by atoms with van der Waals surface area (Å²) in [6.07, 6.45) is 3.36. The number of likely N-dealkylation sites (tertiary alicyclic amines) is 1. The first-order valence-electron chi connectivity index (χ1n) is 15.7. The predicted octanol–water partition coefficient (Wildman–Crippen LogP) is 2.29. The Morgan fingerprint density at radius 3 is 2.43 bits per heavy atom. The van der Waals surface area contributed by atoms with Gasteiger partial charge in [-0.05, 0) is 49.6 Å². The van der Waals surface area contributed by atoms with Crippen LogP contribution in [0.3, 0.4) is 0 Å². The highest BCUT2D eigenvalue weighted by molar-refractivity contribution is 5.99. The fourth-order valence-electron chi connectivity index (χ4n) is 5.81. The second kappa shape index (κ2) is 15.3. The molecular weight excluding hydrogens is 608 g/mol. The van der Waals surface area contributed by atoms with Crippen LogP contribution in [0, 0.1) is 0 Å². The van der Waals surface area contributed by atoms with Gasteiger partial charge in [-0.15, -0.1) is 0 Å². The van der Waals surface area contributed by atoms with Crippen molar-refractivity contribution in [1.82, 2.24) is 30.0 Å². The van der Waals surface area contributed by atoms with Crippen molar-refractivity contribution in [1.29, 1.82) is 0 Å². The molecule has 2 saturated heterocycles. The van der Waals surface area contributed by atoms with Crippen molar-refractivity contribution in [2.45, 2.75) is 38.1 Å². The number of nitrogens with one attached hydrogen (secondary N) is 1. The molecule has 14 heteroatoms. The van der Waals surface area contributed by atoms with E-state index in [2.05, 4.69) is 15.3 Å². The molecule has 3 aromatic rings. The number of aromatic nitrogens is 2. The molecule has 2 fully saturated rings. The van der Waals surface area contributed by atoms with E-state index in [-0.39, 0.29) is 75.5 Å². The number of carbonyl (C=O) groups is 5. The number of carboxylic acids is 1. The van der Waals surface area contributed by atoms with Crippen LogP contribution in [-0.2, 0) is 19.1 Å². The number of ether oxygens (including phenoxy) is 2. The van der Waals surface area contributed by atoms with Crippen LogP contribution < -0.4 is 10.1 Å². The van der Waals surface area contributed by atoms with Crippen LogP contribution in [0.1, 0.15) is 48.2 Å². The van der Waals surface area contributed by atoms with Crippen LogP contribution in [0.4, 0.5) is 4.79 Å². The van der Waals surface area contributed by atoms with Gasteiger partial charge in [0.25, 0.3) is 11.8 Å². The van der Waals surface area contributed by atoms with E-state index in [4.69, 9.17) is 9.47 Å². The molecule has 2 atom stereocenters. The average molecular weight is 647 g/mol. The lowest BCUT2D eigenvalue weighted by molar-refractivity contribution is -0.138. The fourth-order valence-corrected chi connectivity index (χ4v) is 5.81. The van der Waals surface area contributed by atoms with E-state index in [1.165, 1.54) is 15.9 Å². The molecule has 47 heavy (non-hydrogen) atoms. The summed E-state index contributed by atoms with van der Waals surface area (Å²) in [6, 6.07) is 11.2. The first-order chi connectivity index (χ1) is 22.7. The first kappa shape index (κ1) is 33.1. The Morgan fingerprint density at radius 1 is 0.979 bits per heavy atom. The third kappa shape index (κ3) is 8.31. The van der Waals surface area contributed by atoms with Crippen molar-refractivity contribution in [3.63, 3.8) is 0 Å². The van der Waals surface area contributed by atoms with Crippen LogP contribution in [0.2, 0.25) is 0 Å². The second-order valence-corrected chi connectivity index (χ2v) is 11.4. The van der Waals surface area contributed by atoms with Crippen molar-refractivity contribution in [2.24, 2.45) is 0 Å². The van der Waals surface area contributed by atoms with Crippen molar-refractivity contribution < 1.29 is 38.6 Å². The van der Waals surface area contributed by atoms with E-state index in [9.17, 15) is 29.1 Å². The van der Waals surface area contributed by atoms with E-state index >= 15 is 0 Å². The maximum Gasteiger partial charge on any atom is 0.409 e. The molecule has 0 saturated carbocycles. The van der Waals surface area contributed by atoms with Crippen LogP contribution in [-0.4, -0.2) is 118 Å². The molecule has 2 aliphatic heterocycles. The number of para-hydroxylation sites is 1. The van der Waals surface area contributed by atoms with Gasteiger partial charge in [0.15, 0.2) is 6.61 Å². The fraction of sp³-hybridized carbons (Fsp3) is 0.424. The number of amides is 4. The largest absolute Gasteiger partial charge is 0.483 e. The van der Waals surface area contributed by atoms with Gasteiger partial charge >= 0.3 is 12.1 Å². The number of hydrogen-bond donors (Lipinski definition) is 2. The number of aliphatic carboxylic acids is 1. The lowest BCUT2D eigenvalue weighted by Crippen LogP contribution is -2.56. The van der Waals surface area contributed by atoms with E-state index in [1.54, 1.807) is 48.5 Å². The van der Waals surface area contributed by atoms with E-state index < -0.39 is 29.9 Å². The highest BCUT2D eigenvalue weighted by atomic mass is 16.6. The molecule has 0 radical (unpaired) electrons. The number of piperazine rings is 1. The molecule has 0 spiro atoms. The van der Waals surface area contributed by atoms with Gasteiger partial charge in [0.05, 0.1) is 12.1 Å². The average Bonchev–Trinajstić information content (AvgIpc) is 3.59. The van der Waals surface area contributed by atoms with Crippen LogP contribution in [0.25, 0.3) is 10.9 Å². The highest BCUT2D eigenvalue weighted by Gasteiger charge is 2.32. The minimum Gasteiger partial charge on any atom is -0.483 e. The van der Waals surface area contributed by atoms with Gasteiger partial charge in [-0.3, -0.25) is 24.2 Å². The number of carboxylic acid groups (broad SMARTS) is 1. The molecule has 0 bridgehead atoms. The van der Waals surface area contributed by atoms with Gasteiger partial charge in [0, 0.05) is 75.5 Å². The normalized spacial score (nSPS) is 16.9. The molecule has 2 aromatic heterocycles. The Bertz CT molecular complexity index is 1610. The number of carbonyl (C=O) groups excluding carboxylic acids is 4. The molecule has 14 nitrogen and oxygen atoms in total. The predicted molar refractivity (Wildman–Crippen MR) is 169 cm³/mol. The second-order valence-electron chi connectivity index (χ2n) is 11.4. The number of benzene rings is 1. The van der Waals surface area contributed by atoms with Crippen molar-refractivity contribution >= 4 is 40.7 Å². The standard InChI is InChI=1S/C33H38N6O8/c1-2-46-33(45)38-17-15-37(16-18-38)32(44)26(7-8-30(41)42)36-31(43)27-19-28(24-5-3-4-6-25(24)35-27)47-21-29(40)39-14-11-23(20-39)22-9-12-34-13-10-22/h3-6,9-10,12-13,19,23,26H,2,7-8,11,14-18,20-21H2,1H3,(H,36,43)(H,41,42)/t23?,26-/m0/s1. The molecule has 2 N–H and O–H groups in total. The molecular formula is C33H38N6O8. The lowest BCUT2D eigenvalue weighted by Gasteiger charge is -2.35. The van der Waals surface area contributed by atoms with Gasteiger partial charge in [-0.25, -0.2) is 9.78 Å². The smallest absolute Gasteiger partial charge is 0.409 e. The van der Waals surface area contributed by atoms with Crippen LogP contribution in [0.15, 0.2) is 54.9 Å². The Morgan fingerprint density at radius 2 is 1.70 bits per heavy atom. The number of nitrogens with zero attached hydrogens (tertiary/aromatic N) is 5. The molecule has 248 valence electrons. The Balaban J connectivity index is 1.26. The van der Waals surface area contributed by atoms with Gasteiger partial charge in [-0.2, -0.15) is 0 Å². The summed E-state index contributed by atoms with van der Waals surface area (Å²) in [5.41, 5.74) is 1.53. The summed E-state index contributed by atoms with van der Waals surface area (Å²) in [4.78, 5) is 76.8. The molecule has 5 rings (SSSR count). The summed E-state index contributed by atoms with van der Waals surface area (Å²) in [7, 11) is 0. The quantitative estimate of drug-likeness (QED) is 0.315. The Hall–Kier alpha value is -5.27. The molecule has 2 aliphatic rings. The zero-order valence-electron chi connectivity index (χ0n) is 26.2. The molecule has 1 aromatic carbocycles. The van der Waals surface area contributed by atoms with Crippen LogP contribution >= 0.6 is 0 Å². The molecule has 4 heterocycles. The zero-order valence-corrected chi connectivity index (χ0v) is 26.2. The SMILES string of the molecule is CCOC(=O)N1CCN(C(=O)[C@H](CCC(=O)O)NC(=O)c2cc(OCC(=O)N3CCC(c4ccncc4)C3)c3ccccc3n2)CC1. The third-order valence-electron chi connectivity index (χ3n) is 8.35. The van der Waals surface area contributed by atoms with Gasteiger partial charge < -0.3 is 34.6 Å². The number of rotatable bonds is 11. The summed E-state index contributed by atoms with van der Waals surface area (Å²) in [5, 5.41) is 12.6. The highest BCUT2D eigenvalue weighted by Crippen LogP contribution is 2.28. The maximum absolute atomic E-state index is 13.5. The van der Waals surface area contributed by atoms with E-state index in [0.29, 0.717) is 24.0 Å². The lowest BCUT2D eigenvalue weighted by atomic mass is 10.00. The van der Waals surface area contributed by atoms with Gasteiger partial charge in [0.2, 0.25) is 5.91 Å². The minimum atomic E-state index is -1.14. The minimum absolute atomic E-state index is 0.0506. The van der Waals surface area contributed by atoms with Crippen molar-refractivity contribution in [3.05, 3.63) is 66.1 Å². The topological polar surface area (TPSA) is 172 Å². The van der Waals surface area contributed by atoms with Crippen molar-refractivity contribution in [3.8, 4) is 5.75 Å². The Kier molecular flexibility index (Phi) is 10.8. The summed E-state index contributed by atoms with van der Waals surface area (Å²) < 4.78 is 11.0. The maximum atomic E-state index is 13.5. The molecule has 0 aliphatic carbocycles. The molecule has 1 unspecified atom stereocenters. The third-order valence-corrected chi connectivity index (χ3v) is 8.35. The molecule has 4 amide bonds. The Labute approximate surface area is 271 Å². The van der Waals surface area contributed by atoms with Crippen LogP contribution in [0.5, 0.6) is 5.75 Å². The zero-order chi connectivity index (χ0) is 33.3. The number of pyridine rings is 2.